The Morgan fingerprint density at radius 2 is 2.05 bits per heavy atom. The van der Waals surface area contributed by atoms with Crippen LogP contribution in [0, 0.1) is 12.7 Å². The van der Waals surface area contributed by atoms with E-state index in [0.717, 1.165) is 29.3 Å². The van der Waals surface area contributed by atoms with Crippen molar-refractivity contribution in [1.29, 1.82) is 0 Å². The maximum atomic E-state index is 13.7. The molecule has 0 saturated carbocycles. The Bertz CT molecular complexity index is 642. The third-order valence-electron chi connectivity index (χ3n) is 3.15. The molecule has 2 aromatic rings. The van der Waals surface area contributed by atoms with Crippen LogP contribution in [0.3, 0.4) is 0 Å². The normalized spacial score (nSPS) is 10.4. The third-order valence-corrected chi connectivity index (χ3v) is 3.71. The summed E-state index contributed by atoms with van der Waals surface area (Å²) in [5, 5.41) is 3.69. The zero-order chi connectivity index (χ0) is 15.2. The number of anilines is 1. The number of rotatable bonds is 5. The van der Waals surface area contributed by atoms with Crippen LogP contribution < -0.4 is 5.32 Å². The van der Waals surface area contributed by atoms with Crippen molar-refractivity contribution in [3.63, 3.8) is 0 Å². The van der Waals surface area contributed by atoms with Gasteiger partial charge in [-0.1, -0.05) is 39.7 Å². The van der Waals surface area contributed by atoms with E-state index in [9.17, 15) is 9.18 Å². The molecule has 2 nitrogen and oxygen atoms in total. The number of hydrogen-bond acceptors (Lipinski definition) is 1. The predicted octanol–water partition coefficient (Wildman–Crippen LogP) is 4.71. The molecular weight excluding hydrogens is 333 g/mol. The number of hydrogen-bond donors (Lipinski definition) is 1. The summed E-state index contributed by atoms with van der Waals surface area (Å²) < 4.78 is 13.7. The lowest BCUT2D eigenvalue weighted by Crippen LogP contribution is -2.14. The minimum absolute atomic E-state index is 0.0702. The first kappa shape index (κ1) is 15.7. The van der Waals surface area contributed by atoms with Crippen LogP contribution >= 0.6 is 15.9 Å². The first-order valence-corrected chi connectivity index (χ1v) is 7.94. The monoisotopic (exact) mass is 349 g/mol. The Kier molecular flexibility index (Phi) is 5.51. The van der Waals surface area contributed by atoms with Crippen molar-refractivity contribution in [2.75, 3.05) is 10.6 Å². The van der Waals surface area contributed by atoms with Crippen LogP contribution in [0.15, 0.2) is 42.5 Å². The molecule has 1 N–H and O–H groups in total. The van der Waals surface area contributed by atoms with E-state index in [0.29, 0.717) is 5.69 Å². The number of aryl methyl sites for hydroxylation is 2. The Labute approximate surface area is 132 Å². The summed E-state index contributed by atoms with van der Waals surface area (Å²) in [7, 11) is 0. The molecule has 0 aliphatic heterocycles. The van der Waals surface area contributed by atoms with Gasteiger partial charge >= 0.3 is 0 Å². The lowest BCUT2D eigenvalue weighted by molar-refractivity contribution is 0.102. The van der Waals surface area contributed by atoms with E-state index in [1.807, 2.05) is 31.2 Å². The fourth-order valence-electron chi connectivity index (χ4n) is 2.09. The standard InChI is InChI=1S/C17H17BrFNO/c1-12-7-8-16(19)15(10-12)17(21)20-14-6-2-4-13(11-14)5-3-9-18/h2,4,6-8,10-11H,3,5,9H2,1H3,(H,20,21). The van der Waals surface area contributed by atoms with Crippen molar-refractivity contribution in [3.05, 3.63) is 65.0 Å². The zero-order valence-electron chi connectivity index (χ0n) is 11.8. The molecule has 2 aromatic carbocycles. The van der Waals surface area contributed by atoms with Crippen LogP contribution in [0.2, 0.25) is 0 Å². The molecule has 0 aliphatic carbocycles. The topological polar surface area (TPSA) is 29.1 Å². The second kappa shape index (κ2) is 7.36. The highest BCUT2D eigenvalue weighted by Crippen LogP contribution is 2.16. The van der Waals surface area contributed by atoms with E-state index in [4.69, 9.17) is 0 Å². The van der Waals surface area contributed by atoms with Crippen LogP contribution in [-0.4, -0.2) is 11.2 Å². The van der Waals surface area contributed by atoms with Gasteiger partial charge in [-0.25, -0.2) is 4.39 Å². The van der Waals surface area contributed by atoms with Crippen molar-refractivity contribution in [3.8, 4) is 0 Å². The summed E-state index contributed by atoms with van der Waals surface area (Å²) in [6, 6.07) is 12.2. The van der Waals surface area contributed by atoms with Gasteiger partial charge in [0.15, 0.2) is 0 Å². The van der Waals surface area contributed by atoms with Crippen LogP contribution in [0.5, 0.6) is 0 Å². The Hall–Kier alpha value is -1.68. The zero-order valence-corrected chi connectivity index (χ0v) is 13.4. The highest BCUT2D eigenvalue weighted by molar-refractivity contribution is 9.09. The van der Waals surface area contributed by atoms with Gasteiger partial charge in [-0.05, 0) is 49.6 Å². The largest absolute Gasteiger partial charge is 0.322 e. The minimum atomic E-state index is -0.506. The molecule has 0 spiro atoms. The summed E-state index contributed by atoms with van der Waals surface area (Å²) in [5.74, 6) is -0.928. The van der Waals surface area contributed by atoms with E-state index < -0.39 is 11.7 Å². The molecule has 0 aromatic heterocycles. The summed E-state index contributed by atoms with van der Waals surface area (Å²) in [4.78, 5) is 12.2. The molecule has 0 atom stereocenters. The molecule has 0 bridgehead atoms. The van der Waals surface area contributed by atoms with Crippen LogP contribution in [0.1, 0.15) is 27.9 Å². The van der Waals surface area contributed by atoms with E-state index in [2.05, 4.69) is 21.2 Å². The lowest BCUT2D eigenvalue weighted by Gasteiger charge is -2.08. The number of amides is 1. The Morgan fingerprint density at radius 1 is 1.24 bits per heavy atom. The van der Waals surface area contributed by atoms with Crippen molar-refractivity contribution in [1.82, 2.24) is 0 Å². The van der Waals surface area contributed by atoms with E-state index >= 15 is 0 Å². The molecule has 21 heavy (non-hydrogen) atoms. The highest BCUT2D eigenvalue weighted by Gasteiger charge is 2.12. The fourth-order valence-corrected chi connectivity index (χ4v) is 2.37. The number of halogens is 2. The maximum Gasteiger partial charge on any atom is 0.258 e. The van der Waals surface area contributed by atoms with E-state index in [-0.39, 0.29) is 5.56 Å². The smallest absolute Gasteiger partial charge is 0.258 e. The van der Waals surface area contributed by atoms with Gasteiger partial charge < -0.3 is 5.32 Å². The maximum absolute atomic E-state index is 13.7. The molecule has 1 amide bonds. The molecule has 0 saturated heterocycles. The van der Waals surface area contributed by atoms with Crippen molar-refractivity contribution in [2.45, 2.75) is 19.8 Å². The summed E-state index contributed by atoms with van der Waals surface area (Å²) in [6.07, 6.45) is 1.97. The summed E-state index contributed by atoms with van der Waals surface area (Å²) in [5.41, 5.74) is 2.76. The van der Waals surface area contributed by atoms with E-state index in [1.54, 1.807) is 12.1 Å². The van der Waals surface area contributed by atoms with Gasteiger partial charge in [0.1, 0.15) is 5.82 Å². The number of carbonyl (C=O) groups is 1. The lowest BCUT2D eigenvalue weighted by atomic mass is 10.1. The number of benzene rings is 2. The predicted molar refractivity (Wildman–Crippen MR) is 87.6 cm³/mol. The first-order chi connectivity index (χ1) is 10.1. The van der Waals surface area contributed by atoms with Crippen LogP contribution in [0.25, 0.3) is 0 Å². The second-order valence-corrected chi connectivity index (χ2v) is 5.72. The molecule has 2 rings (SSSR count). The highest BCUT2D eigenvalue weighted by atomic mass is 79.9. The quantitative estimate of drug-likeness (QED) is 0.777. The fraction of sp³-hybridized carbons (Fsp3) is 0.235. The Morgan fingerprint density at radius 3 is 2.81 bits per heavy atom. The average Bonchev–Trinajstić information content (AvgIpc) is 2.48. The van der Waals surface area contributed by atoms with Gasteiger partial charge in [0.05, 0.1) is 5.56 Å². The second-order valence-electron chi connectivity index (χ2n) is 4.93. The van der Waals surface area contributed by atoms with Gasteiger partial charge in [0.2, 0.25) is 0 Å². The molecular formula is C17H17BrFNO. The molecule has 4 heteroatoms. The van der Waals surface area contributed by atoms with Gasteiger partial charge in [0.25, 0.3) is 5.91 Å². The molecule has 0 radical (unpaired) electrons. The third kappa shape index (κ3) is 4.39. The van der Waals surface area contributed by atoms with Crippen molar-refractivity contribution in [2.24, 2.45) is 0 Å². The Balaban J connectivity index is 2.14. The van der Waals surface area contributed by atoms with Gasteiger partial charge in [-0.15, -0.1) is 0 Å². The van der Waals surface area contributed by atoms with Crippen LogP contribution in [0.4, 0.5) is 10.1 Å². The number of nitrogens with one attached hydrogen (secondary N) is 1. The molecule has 0 aliphatic rings. The van der Waals surface area contributed by atoms with E-state index in [1.165, 1.54) is 6.07 Å². The molecule has 0 unspecified atom stereocenters. The molecule has 0 fully saturated rings. The van der Waals surface area contributed by atoms with Crippen LogP contribution in [-0.2, 0) is 6.42 Å². The van der Waals surface area contributed by atoms with Gasteiger partial charge in [-0.3, -0.25) is 4.79 Å². The first-order valence-electron chi connectivity index (χ1n) is 6.82. The SMILES string of the molecule is Cc1ccc(F)c(C(=O)Nc2cccc(CCCBr)c2)c1. The van der Waals surface area contributed by atoms with Gasteiger partial charge in [-0.2, -0.15) is 0 Å². The average molecular weight is 350 g/mol. The van der Waals surface area contributed by atoms with Crippen molar-refractivity contribution < 1.29 is 9.18 Å². The molecule has 0 heterocycles. The summed E-state index contributed by atoms with van der Waals surface area (Å²) in [6.45, 7) is 1.83. The minimum Gasteiger partial charge on any atom is -0.322 e. The number of alkyl halides is 1. The molecule has 110 valence electrons. The van der Waals surface area contributed by atoms with Crippen molar-refractivity contribution >= 4 is 27.5 Å². The summed E-state index contributed by atoms with van der Waals surface area (Å²) >= 11 is 3.40. The number of carbonyl (C=O) groups excluding carboxylic acids is 1. The van der Waals surface area contributed by atoms with Gasteiger partial charge in [0, 0.05) is 11.0 Å².